The molecule has 140 valence electrons. The third-order valence-electron chi connectivity index (χ3n) is 4.13. The van der Waals surface area contributed by atoms with Crippen molar-refractivity contribution in [1.29, 1.82) is 0 Å². The largest absolute Gasteiger partial charge is 0.481 e. The Morgan fingerprint density at radius 1 is 1.04 bits per heavy atom. The van der Waals surface area contributed by atoms with Gasteiger partial charge in [0.1, 0.15) is 12.1 Å². The van der Waals surface area contributed by atoms with Gasteiger partial charge >= 0.3 is 6.01 Å². The summed E-state index contributed by atoms with van der Waals surface area (Å²) in [6.45, 7) is 4.65. The van der Waals surface area contributed by atoms with Crippen molar-refractivity contribution in [2.24, 2.45) is 0 Å². The molecule has 8 nitrogen and oxygen atoms in total. The summed E-state index contributed by atoms with van der Waals surface area (Å²) in [5.41, 5.74) is 3.63. The smallest absolute Gasteiger partial charge is 0.319 e. The van der Waals surface area contributed by atoms with Gasteiger partial charge in [-0.25, -0.2) is 15.0 Å². The summed E-state index contributed by atoms with van der Waals surface area (Å²) in [5, 5.41) is 3.33. The second-order valence-electron chi connectivity index (χ2n) is 6.08. The Morgan fingerprint density at radius 3 is 2.59 bits per heavy atom. The second-order valence-corrected chi connectivity index (χ2v) is 6.08. The topological polar surface area (TPSA) is 94.9 Å². The van der Waals surface area contributed by atoms with Crippen molar-refractivity contribution in [3.05, 3.63) is 48.2 Å². The average Bonchev–Trinajstić information content (AvgIpc) is 2.72. The van der Waals surface area contributed by atoms with E-state index >= 15 is 0 Å². The molecule has 27 heavy (non-hydrogen) atoms. The van der Waals surface area contributed by atoms with Crippen LogP contribution < -0.4 is 14.8 Å². The first-order chi connectivity index (χ1) is 13.1. The van der Waals surface area contributed by atoms with E-state index in [0.717, 1.165) is 28.3 Å². The molecule has 3 heterocycles. The molecule has 1 unspecified atom stereocenters. The van der Waals surface area contributed by atoms with Crippen LogP contribution in [0.1, 0.15) is 24.1 Å². The van der Waals surface area contributed by atoms with E-state index in [1.54, 1.807) is 19.6 Å². The van der Waals surface area contributed by atoms with Crippen molar-refractivity contribution in [2.75, 3.05) is 26.1 Å². The van der Waals surface area contributed by atoms with E-state index in [9.17, 15) is 0 Å². The molecule has 0 aliphatic carbocycles. The molecule has 0 radical (unpaired) electrons. The van der Waals surface area contributed by atoms with Gasteiger partial charge in [0, 0.05) is 47.7 Å². The van der Waals surface area contributed by atoms with E-state index in [1.807, 2.05) is 31.3 Å². The highest BCUT2D eigenvalue weighted by atomic mass is 16.5. The molecule has 0 spiro atoms. The molecule has 0 amide bonds. The van der Waals surface area contributed by atoms with E-state index < -0.39 is 0 Å². The fourth-order valence-electron chi connectivity index (χ4n) is 2.56. The van der Waals surface area contributed by atoms with E-state index in [2.05, 4.69) is 37.2 Å². The van der Waals surface area contributed by atoms with E-state index in [1.165, 1.54) is 7.11 Å². The Hall–Kier alpha value is -3.29. The summed E-state index contributed by atoms with van der Waals surface area (Å²) in [6.07, 6.45) is 5.07. The van der Waals surface area contributed by atoms with Crippen molar-refractivity contribution < 1.29 is 9.47 Å². The molecule has 3 aromatic rings. The Labute approximate surface area is 158 Å². The quantitative estimate of drug-likeness (QED) is 0.682. The van der Waals surface area contributed by atoms with E-state index in [-0.39, 0.29) is 11.9 Å². The maximum atomic E-state index is 5.36. The second kappa shape index (κ2) is 8.39. The van der Waals surface area contributed by atoms with Crippen LogP contribution in [0.4, 0.5) is 5.82 Å². The normalized spacial score (nSPS) is 11.7. The maximum absolute atomic E-state index is 5.36. The third-order valence-corrected chi connectivity index (χ3v) is 4.13. The van der Waals surface area contributed by atoms with Crippen LogP contribution in [-0.4, -0.2) is 45.7 Å². The van der Waals surface area contributed by atoms with Gasteiger partial charge < -0.3 is 14.8 Å². The first-order valence-corrected chi connectivity index (χ1v) is 8.54. The highest BCUT2D eigenvalue weighted by Gasteiger charge is 2.15. The predicted molar refractivity (Wildman–Crippen MR) is 102 cm³/mol. The molecule has 0 saturated heterocycles. The van der Waals surface area contributed by atoms with Crippen LogP contribution in [0.5, 0.6) is 11.9 Å². The van der Waals surface area contributed by atoms with Crippen molar-refractivity contribution in [2.45, 2.75) is 19.8 Å². The monoisotopic (exact) mass is 366 g/mol. The number of anilines is 1. The van der Waals surface area contributed by atoms with Gasteiger partial charge in [0.05, 0.1) is 19.9 Å². The number of methoxy groups -OCH3 is 2. The van der Waals surface area contributed by atoms with Crippen molar-refractivity contribution in [1.82, 2.24) is 24.9 Å². The fraction of sp³-hybridized carbons (Fsp3) is 0.316. The lowest BCUT2D eigenvalue weighted by molar-refractivity contribution is 0.347. The van der Waals surface area contributed by atoms with E-state index in [4.69, 9.17) is 9.47 Å². The minimum absolute atomic E-state index is 0.102. The van der Waals surface area contributed by atoms with Gasteiger partial charge in [0.25, 0.3) is 0 Å². The fourth-order valence-corrected chi connectivity index (χ4v) is 2.56. The molecule has 0 aromatic carbocycles. The number of hydrogen-bond donors (Lipinski definition) is 1. The van der Waals surface area contributed by atoms with Gasteiger partial charge in [0.2, 0.25) is 5.88 Å². The molecule has 1 atom stereocenters. The zero-order valence-electron chi connectivity index (χ0n) is 15.8. The zero-order chi connectivity index (χ0) is 19.2. The van der Waals surface area contributed by atoms with Crippen molar-refractivity contribution in [3.63, 3.8) is 0 Å². The minimum Gasteiger partial charge on any atom is -0.481 e. The Kier molecular flexibility index (Phi) is 5.75. The lowest BCUT2D eigenvalue weighted by Gasteiger charge is -2.16. The van der Waals surface area contributed by atoms with Crippen LogP contribution in [0.15, 0.2) is 36.9 Å². The standard InChI is InChI=1S/C19H22N6O2/c1-12(15-10-22-19(27-4)25-18(15)26-3)8-21-17-7-16(23-11-24-17)14-6-5-13(2)20-9-14/h5-7,9-12H,8H2,1-4H3,(H,21,23,24). The Balaban J connectivity index is 1.71. The van der Waals surface area contributed by atoms with Crippen LogP contribution in [0.25, 0.3) is 11.3 Å². The number of nitrogens with zero attached hydrogens (tertiary/aromatic N) is 5. The molecule has 3 rings (SSSR count). The first-order valence-electron chi connectivity index (χ1n) is 8.54. The Morgan fingerprint density at radius 2 is 1.89 bits per heavy atom. The van der Waals surface area contributed by atoms with Gasteiger partial charge in [-0.2, -0.15) is 4.98 Å². The molecule has 8 heteroatoms. The highest BCUT2D eigenvalue weighted by Crippen LogP contribution is 2.26. The van der Waals surface area contributed by atoms with Crippen LogP contribution in [0, 0.1) is 6.92 Å². The molecule has 0 fully saturated rings. The van der Waals surface area contributed by atoms with Gasteiger partial charge in [0.15, 0.2) is 0 Å². The summed E-state index contributed by atoms with van der Waals surface area (Å²) in [6, 6.07) is 6.14. The van der Waals surface area contributed by atoms with Crippen LogP contribution >= 0.6 is 0 Å². The van der Waals surface area contributed by atoms with E-state index in [0.29, 0.717) is 12.4 Å². The number of rotatable bonds is 7. The summed E-state index contributed by atoms with van der Waals surface area (Å²) in [7, 11) is 3.10. The summed E-state index contributed by atoms with van der Waals surface area (Å²) in [4.78, 5) is 21.3. The first kappa shape index (κ1) is 18.5. The summed E-state index contributed by atoms with van der Waals surface area (Å²) < 4.78 is 10.4. The van der Waals surface area contributed by atoms with Crippen molar-refractivity contribution in [3.8, 4) is 23.1 Å². The SMILES string of the molecule is COc1ncc(C(C)CNc2cc(-c3ccc(C)nc3)ncn2)c(OC)n1. The average molecular weight is 366 g/mol. The Bertz CT molecular complexity index is 901. The molecule has 3 aromatic heterocycles. The lowest BCUT2D eigenvalue weighted by Crippen LogP contribution is -2.13. The number of aryl methyl sites for hydroxylation is 1. The summed E-state index contributed by atoms with van der Waals surface area (Å²) >= 11 is 0. The van der Waals surface area contributed by atoms with Gasteiger partial charge in [-0.3, -0.25) is 4.98 Å². The van der Waals surface area contributed by atoms with Crippen LogP contribution in [0.3, 0.4) is 0 Å². The van der Waals surface area contributed by atoms with Gasteiger partial charge in [-0.1, -0.05) is 6.92 Å². The highest BCUT2D eigenvalue weighted by molar-refractivity contribution is 5.61. The lowest BCUT2D eigenvalue weighted by atomic mass is 10.0. The summed E-state index contributed by atoms with van der Waals surface area (Å²) in [5.74, 6) is 1.34. The molecular formula is C19H22N6O2. The molecule has 0 saturated carbocycles. The zero-order valence-corrected chi connectivity index (χ0v) is 15.8. The number of nitrogens with one attached hydrogen (secondary N) is 1. The minimum atomic E-state index is 0.102. The molecule has 0 aliphatic rings. The number of pyridine rings is 1. The number of aromatic nitrogens is 5. The van der Waals surface area contributed by atoms with Crippen molar-refractivity contribution >= 4 is 5.82 Å². The molecule has 0 bridgehead atoms. The number of hydrogen-bond acceptors (Lipinski definition) is 8. The molecular weight excluding hydrogens is 344 g/mol. The van der Waals surface area contributed by atoms with Gasteiger partial charge in [-0.15, -0.1) is 0 Å². The molecule has 1 N–H and O–H groups in total. The van der Waals surface area contributed by atoms with Crippen LogP contribution in [0.2, 0.25) is 0 Å². The maximum Gasteiger partial charge on any atom is 0.319 e. The number of ether oxygens (including phenoxy) is 2. The molecule has 0 aliphatic heterocycles. The predicted octanol–water partition coefficient (Wildman–Crippen LogP) is 2.87. The van der Waals surface area contributed by atoms with Crippen LogP contribution in [-0.2, 0) is 0 Å². The van der Waals surface area contributed by atoms with Gasteiger partial charge in [-0.05, 0) is 19.1 Å². The third kappa shape index (κ3) is 4.46.